The van der Waals surface area contributed by atoms with Crippen molar-refractivity contribution < 1.29 is 0 Å². The molecule has 90 valence electrons. The zero-order valence-electron chi connectivity index (χ0n) is 8.79. The number of benzene rings is 1. The topological polar surface area (TPSA) is 25.8 Å². The zero-order valence-corrected chi connectivity index (χ0v) is 11.9. The average Bonchev–Trinajstić information content (AvgIpc) is 2.78. The van der Waals surface area contributed by atoms with Crippen LogP contribution in [0.3, 0.4) is 0 Å². The molecule has 0 unspecified atom stereocenters. The van der Waals surface area contributed by atoms with Crippen molar-refractivity contribution in [2.75, 3.05) is 5.88 Å². The first kappa shape index (κ1) is 13.1. The fraction of sp³-hybridized carbons (Fsp3) is 0.273. The van der Waals surface area contributed by atoms with Gasteiger partial charge in [0.15, 0.2) is 0 Å². The standard InChI is InChI=1S/C11H9Cl3N2S/c12-6-2-5-9-15-16-11(17-9)7-3-1-4-8(13)10(7)14/h1,3-4H,2,5-6H2. The zero-order chi connectivity index (χ0) is 12.3. The lowest BCUT2D eigenvalue weighted by Gasteiger charge is -2.00. The molecule has 0 bridgehead atoms. The Bertz CT molecular complexity index is 513. The molecule has 6 heteroatoms. The predicted molar refractivity (Wildman–Crippen MR) is 74.4 cm³/mol. The summed E-state index contributed by atoms with van der Waals surface area (Å²) in [6.07, 6.45) is 1.75. The number of rotatable bonds is 4. The summed E-state index contributed by atoms with van der Waals surface area (Å²) in [5, 5.41) is 11.0. The summed E-state index contributed by atoms with van der Waals surface area (Å²) in [6, 6.07) is 5.49. The third-order valence-electron chi connectivity index (χ3n) is 2.17. The van der Waals surface area contributed by atoms with Gasteiger partial charge in [-0.15, -0.1) is 21.8 Å². The van der Waals surface area contributed by atoms with E-state index in [0.717, 1.165) is 28.4 Å². The van der Waals surface area contributed by atoms with Crippen molar-refractivity contribution in [3.8, 4) is 10.6 Å². The smallest absolute Gasteiger partial charge is 0.143 e. The van der Waals surface area contributed by atoms with Crippen molar-refractivity contribution in [3.63, 3.8) is 0 Å². The van der Waals surface area contributed by atoms with E-state index in [4.69, 9.17) is 34.8 Å². The molecule has 0 spiro atoms. The van der Waals surface area contributed by atoms with E-state index in [1.54, 1.807) is 6.07 Å². The average molecular weight is 308 g/mol. The van der Waals surface area contributed by atoms with Crippen LogP contribution in [0.4, 0.5) is 0 Å². The molecule has 0 amide bonds. The minimum Gasteiger partial charge on any atom is -0.143 e. The van der Waals surface area contributed by atoms with Gasteiger partial charge in [-0.3, -0.25) is 0 Å². The van der Waals surface area contributed by atoms with Gasteiger partial charge in [-0.2, -0.15) is 0 Å². The van der Waals surface area contributed by atoms with Crippen LogP contribution in [-0.2, 0) is 6.42 Å². The summed E-state index contributed by atoms with van der Waals surface area (Å²) < 4.78 is 0. The van der Waals surface area contributed by atoms with Crippen molar-refractivity contribution in [1.82, 2.24) is 10.2 Å². The van der Waals surface area contributed by atoms with Crippen molar-refractivity contribution in [3.05, 3.63) is 33.3 Å². The molecule has 0 atom stereocenters. The van der Waals surface area contributed by atoms with E-state index in [1.165, 1.54) is 11.3 Å². The molecule has 0 aliphatic carbocycles. The first-order valence-corrected chi connectivity index (χ1v) is 7.16. The Labute approximate surface area is 119 Å². The third-order valence-corrected chi connectivity index (χ3v) is 4.28. The molecule has 0 saturated heterocycles. The molecular weight excluding hydrogens is 299 g/mol. The first-order chi connectivity index (χ1) is 8.22. The van der Waals surface area contributed by atoms with E-state index in [-0.39, 0.29) is 0 Å². The molecule has 0 aliphatic rings. The lowest BCUT2D eigenvalue weighted by molar-refractivity contribution is 0.884. The molecule has 0 radical (unpaired) electrons. The second kappa shape index (κ2) is 6.01. The Morgan fingerprint density at radius 2 is 2.00 bits per heavy atom. The van der Waals surface area contributed by atoms with Crippen LogP contribution in [0.15, 0.2) is 18.2 Å². The van der Waals surface area contributed by atoms with Crippen molar-refractivity contribution >= 4 is 46.1 Å². The lowest BCUT2D eigenvalue weighted by Crippen LogP contribution is -1.84. The maximum Gasteiger partial charge on any atom is 0.149 e. The van der Waals surface area contributed by atoms with E-state index in [9.17, 15) is 0 Å². The number of alkyl halides is 1. The molecular formula is C11H9Cl3N2S. The van der Waals surface area contributed by atoms with E-state index < -0.39 is 0 Å². The van der Waals surface area contributed by atoms with Crippen LogP contribution in [0.5, 0.6) is 0 Å². The molecule has 0 fully saturated rings. The highest BCUT2D eigenvalue weighted by atomic mass is 35.5. The Kier molecular flexibility index (Phi) is 4.62. The van der Waals surface area contributed by atoms with E-state index in [2.05, 4.69) is 10.2 Å². The molecule has 0 N–H and O–H groups in total. The van der Waals surface area contributed by atoms with Crippen LogP contribution < -0.4 is 0 Å². The summed E-state index contributed by atoms with van der Waals surface area (Å²) in [5.41, 5.74) is 0.828. The van der Waals surface area contributed by atoms with E-state index in [1.807, 2.05) is 12.1 Å². The van der Waals surface area contributed by atoms with Gasteiger partial charge in [0, 0.05) is 17.9 Å². The summed E-state index contributed by atoms with van der Waals surface area (Å²) in [6.45, 7) is 0. The maximum atomic E-state index is 6.13. The van der Waals surface area contributed by atoms with Gasteiger partial charge < -0.3 is 0 Å². The SMILES string of the molecule is ClCCCc1nnc(-c2cccc(Cl)c2Cl)s1. The summed E-state index contributed by atoms with van der Waals surface area (Å²) >= 11 is 19.3. The highest BCUT2D eigenvalue weighted by Gasteiger charge is 2.11. The number of hydrogen-bond acceptors (Lipinski definition) is 3. The molecule has 1 aromatic heterocycles. The third kappa shape index (κ3) is 3.10. The fourth-order valence-corrected chi connectivity index (χ4v) is 2.84. The monoisotopic (exact) mass is 306 g/mol. The van der Waals surface area contributed by atoms with E-state index in [0.29, 0.717) is 15.9 Å². The van der Waals surface area contributed by atoms with Gasteiger partial charge in [-0.05, 0) is 12.5 Å². The fourth-order valence-electron chi connectivity index (χ4n) is 1.35. The largest absolute Gasteiger partial charge is 0.149 e. The second-order valence-corrected chi connectivity index (χ2v) is 5.62. The van der Waals surface area contributed by atoms with Crippen molar-refractivity contribution in [2.24, 2.45) is 0 Å². The molecule has 0 saturated carbocycles. The van der Waals surface area contributed by atoms with Crippen LogP contribution in [-0.4, -0.2) is 16.1 Å². The van der Waals surface area contributed by atoms with Crippen LogP contribution in [0.25, 0.3) is 10.6 Å². The lowest BCUT2D eigenvalue weighted by atomic mass is 10.2. The van der Waals surface area contributed by atoms with Crippen LogP contribution in [0.1, 0.15) is 11.4 Å². The number of hydrogen-bond donors (Lipinski definition) is 0. The van der Waals surface area contributed by atoms with Crippen molar-refractivity contribution in [1.29, 1.82) is 0 Å². The molecule has 17 heavy (non-hydrogen) atoms. The van der Waals surface area contributed by atoms with Gasteiger partial charge in [-0.25, -0.2) is 0 Å². The van der Waals surface area contributed by atoms with Gasteiger partial charge in [0.25, 0.3) is 0 Å². The molecule has 2 aromatic rings. The van der Waals surface area contributed by atoms with Gasteiger partial charge in [-0.1, -0.05) is 46.7 Å². The number of nitrogens with zero attached hydrogens (tertiary/aromatic N) is 2. The first-order valence-electron chi connectivity index (χ1n) is 5.05. The number of aromatic nitrogens is 2. The van der Waals surface area contributed by atoms with Crippen LogP contribution in [0, 0.1) is 0 Å². The molecule has 1 heterocycles. The number of halogens is 3. The highest BCUT2D eigenvalue weighted by molar-refractivity contribution is 7.14. The Morgan fingerprint density at radius 1 is 1.18 bits per heavy atom. The molecule has 1 aromatic carbocycles. The Morgan fingerprint density at radius 3 is 2.76 bits per heavy atom. The van der Waals surface area contributed by atoms with Crippen molar-refractivity contribution in [2.45, 2.75) is 12.8 Å². The van der Waals surface area contributed by atoms with Crippen LogP contribution >= 0.6 is 46.1 Å². The Balaban J connectivity index is 2.27. The quantitative estimate of drug-likeness (QED) is 0.766. The minimum absolute atomic E-state index is 0.522. The second-order valence-electron chi connectivity index (χ2n) is 3.39. The molecule has 2 nitrogen and oxygen atoms in total. The van der Waals surface area contributed by atoms with Gasteiger partial charge in [0.2, 0.25) is 0 Å². The van der Waals surface area contributed by atoms with Gasteiger partial charge >= 0.3 is 0 Å². The maximum absolute atomic E-state index is 6.13. The molecule has 0 aliphatic heterocycles. The number of aryl methyl sites for hydroxylation is 1. The molecule has 2 rings (SSSR count). The Hall–Kier alpha value is -0.350. The predicted octanol–water partition coefficient (Wildman–Crippen LogP) is 4.68. The normalized spacial score (nSPS) is 10.8. The van der Waals surface area contributed by atoms with Crippen LogP contribution in [0.2, 0.25) is 10.0 Å². The van der Waals surface area contributed by atoms with Gasteiger partial charge in [0.05, 0.1) is 10.0 Å². The highest BCUT2D eigenvalue weighted by Crippen LogP contribution is 2.34. The summed E-state index contributed by atoms with van der Waals surface area (Å²) in [4.78, 5) is 0. The minimum atomic E-state index is 0.522. The van der Waals surface area contributed by atoms with Gasteiger partial charge in [0.1, 0.15) is 10.0 Å². The van der Waals surface area contributed by atoms with E-state index >= 15 is 0 Å². The summed E-state index contributed by atoms with van der Waals surface area (Å²) in [5.74, 6) is 0.632. The summed E-state index contributed by atoms with van der Waals surface area (Å²) in [7, 11) is 0.